The third-order valence-electron chi connectivity index (χ3n) is 2.13. The highest BCUT2D eigenvalue weighted by molar-refractivity contribution is 5.78. The van der Waals surface area contributed by atoms with Crippen molar-refractivity contribution in [3.05, 3.63) is 41.5 Å². The van der Waals surface area contributed by atoms with Crippen molar-refractivity contribution < 1.29 is 0 Å². The monoisotopic (exact) mass is 171 g/mol. The van der Waals surface area contributed by atoms with Gasteiger partial charge >= 0.3 is 0 Å². The van der Waals surface area contributed by atoms with Crippen LogP contribution in [0.2, 0.25) is 0 Å². The second-order valence-corrected chi connectivity index (χ2v) is 2.99. The van der Waals surface area contributed by atoms with E-state index in [0.29, 0.717) is 0 Å². The van der Waals surface area contributed by atoms with Crippen molar-refractivity contribution in [2.75, 3.05) is 0 Å². The van der Waals surface area contributed by atoms with Crippen LogP contribution in [0.15, 0.2) is 35.9 Å². The van der Waals surface area contributed by atoms with Gasteiger partial charge in [0, 0.05) is 0 Å². The van der Waals surface area contributed by atoms with Crippen LogP contribution in [0.4, 0.5) is 0 Å². The summed E-state index contributed by atoms with van der Waals surface area (Å²) in [5.74, 6) is 0. The van der Waals surface area contributed by atoms with Crippen molar-refractivity contribution in [1.29, 1.82) is 5.26 Å². The molecule has 0 aliphatic heterocycles. The standard InChI is InChI=1S/C12H13N/c1-3-10(2)12(9-13)11-7-5-4-6-8-11/h4-8H,3H2,1-2H3/b12-10+. The quantitative estimate of drug-likeness (QED) is 0.626. The topological polar surface area (TPSA) is 23.8 Å². The number of nitriles is 1. The molecule has 0 unspecified atom stereocenters. The molecule has 0 spiro atoms. The molecule has 1 rings (SSSR count). The minimum absolute atomic E-state index is 0.808. The summed E-state index contributed by atoms with van der Waals surface area (Å²) in [4.78, 5) is 0. The number of hydrogen-bond acceptors (Lipinski definition) is 1. The predicted octanol–water partition coefficient (Wildman–Crippen LogP) is 3.39. The van der Waals surface area contributed by atoms with E-state index in [1.165, 1.54) is 0 Å². The molecule has 0 bridgehead atoms. The molecule has 0 saturated heterocycles. The summed E-state index contributed by atoms with van der Waals surface area (Å²) in [5, 5.41) is 8.97. The van der Waals surface area contributed by atoms with E-state index in [4.69, 9.17) is 5.26 Å². The van der Waals surface area contributed by atoms with Gasteiger partial charge in [0.25, 0.3) is 0 Å². The van der Waals surface area contributed by atoms with Crippen molar-refractivity contribution in [1.82, 2.24) is 0 Å². The number of rotatable bonds is 2. The molecule has 66 valence electrons. The molecule has 1 aromatic carbocycles. The van der Waals surface area contributed by atoms with Crippen LogP contribution in [-0.2, 0) is 0 Å². The highest BCUT2D eigenvalue weighted by Crippen LogP contribution is 2.19. The van der Waals surface area contributed by atoms with Crippen molar-refractivity contribution in [2.24, 2.45) is 0 Å². The van der Waals surface area contributed by atoms with Crippen LogP contribution in [-0.4, -0.2) is 0 Å². The molecular formula is C12H13N. The molecule has 0 saturated carbocycles. The molecule has 1 nitrogen and oxygen atoms in total. The summed E-state index contributed by atoms with van der Waals surface area (Å²) in [6.45, 7) is 4.07. The van der Waals surface area contributed by atoms with Crippen LogP contribution in [0.5, 0.6) is 0 Å². The molecule has 0 aromatic heterocycles. The Labute approximate surface area is 79.3 Å². The molecule has 0 atom stereocenters. The number of benzene rings is 1. The average Bonchev–Trinajstić information content (AvgIpc) is 2.20. The van der Waals surface area contributed by atoms with E-state index >= 15 is 0 Å². The Morgan fingerprint density at radius 1 is 1.31 bits per heavy atom. The van der Waals surface area contributed by atoms with Crippen LogP contribution in [0.3, 0.4) is 0 Å². The van der Waals surface area contributed by atoms with Gasteiger partial charge in [-0.15, -0.1) is 0 Å². The molecular weight excluding hydrogens is 158 g/mol. The molecule has 0 radical (unpaired) electrons. The second-order valence-electron chi connectivity index (χ2n) is 2.99. The largest absolute Gasteiger partial charge is 0.192 e. The van der Waals surface area contributed by atoms with Gasteiger partial charge < -0.3 is 0 Å². The van der Waals surface area contributed by atoms with Gasteiger partial charge in [-0.05, 0) is 18.9 Å². The molecule has 0 heterocycles. The minimum atomic E-state index is 0.808. The van der Waals surface area contributed by atoms with Crippen LogP contribution in [0.1, 0.15) is 25.8 Å². The van der Waals surface area contributed by atoms with Crippen LogP contribution < -0.4 is 0 Å². The van der Waals surface area contributed by atoms with E-state index in [-0.39, 0.29) is 0 Å². The SMILES string of the molecule is CC/C(C)=C(\C#N)c1ccccc1. The van der Waals surface area contributed by atoms with Crippen LogP contribution >= 0.6 is 0 Å². The molecule has 0 aliphatic rings. The Bertz CT molecular complexity index is 341. The van der Waals surface area contributed by atoms with E-state index < -0.39 is 0 Å². The maximum atomic E-state index is 8.97. The molecule has 0 aliphatic carbocycles. The number of allylic oxidation sites excluding steroid dienone is 2. The van der Waals surface area contributed by atoms with E-state index in [2.05, 4.69) is 13.0 Å². The van der Waals surface area contributed by atoms with Gasteiger partial charge in [0.1, 0.15) is 0 Å². The zero-order valence-electron chi connectivity index (χ0n) is 8.04. The third kappa shape index (κ3) is 2.19. The normalized spacial score (nSPS) is 11.8. The average molecular weight is 171 g/mol. The summed E-state index contributed by atoms with van der Waals surface area (Å²) in [7, 11) is 0. The Balaban J connectivity index is 3.15. The fourth-order valence-electron chi connectivity index (χ4n) is 1.19. The van der Waals surface area contributed by atoms with Crippen molar-refractivity contribution in [2.45, 2.75) is 20.3 Å². The second kappa shape index (κ2) is 4.47. The summed E-state index contributed by atoms with van der Waals surface area (Å²) < 4.78 is 0. The Kier molecular flexibility index (Phi) is 3.28. The maximum Gasteiger partial charge on any atom is 0.0997 e. The lowest BCUT2D eigenvalue weighted by Crippen LogP contribution is -1.85. The molecule has 0 fully saturated rings. The first-order chi connectivity index (χ1) is 6.29. The van der Waals surface area contributed by atoms with Crippen LogP contribution in [0, 0.1) is 11.3 Å². The van der Waals surface area contributed by atoms with Crippen molar-refractivity contribution >= 4 is 5.57 Å². The summed E-state index contributed by atoms with van der Waals surface area (Å²) in [5.41, 5.74) is 2.97. The third-order valence-corrected chi connectivity index (χ3v) is 2.13. The van der Waals surface area contributed by atoms with Gasteiger partial charge in [-0.1, -0.05) is 42.8 Å². The van der Waals surface area contributed by atoms with Crippen molar-refractivity contribution in [3.63, 3.8) is 0 Å². The summed E-state index contributed by atoms with van der Waals surface area (Å²) >= 11 is 0. The molecule has 0 amide bonds. The Morgan fingerprint density at radius 3 is 2.38 bits per heavy atom. The van der Waals surface area contributed by atoms with Gasteiger partial charge in [0.15, 0.2) is 0 Å². The smallest absolute Gasteiger partial charge is 0.0997 e. The minimum Gasteiger partial charge on any atom is -0.192 e. The zero-order valence-corrected chi connectivity index (χ0v) is 8.04. The van der Waals surface area contributed by atoms with E-state index in [0.717, 1.165) is 23.1 Å². The fraction of sp³-hybridized carbons (Fsp3) is 0.250. The zero-order chi connectivity index (χ0) is 9.68. The predicted molar refractivity (Wildman–Crippen MR) is 54.9 cm³/mol. The first-order valence-corrected chi connectivity index (χ1v) is 4.44. The first kappa shape index (κ1) is 9.54. The summed E-state index contributed by atoms with van der Waals surface area (Å²) in [6.07, 6.45) is 0.928. The van der Waals surface area contributed by atoms with Gasteiger partial charge in [-0.2, -0.15) is 5.26 Å². The van der Waals surface area contributed by atoms with Crippen molar-refractivity contribution in [3.8, 4) is 6.07 Å². The molecule has 13 heavy (non-hydrogen) atoms. The summed E-state index contributed by atoms with van der Waals surface area (Å²) in [6, 6.07) is 12.1. The van der Waals surface area contributed by atoms with E-state index in [9.17, 15) is 0 Å². The lowest BCUT2D eigenvalue weighted by atomic mass is 10.0. The Morgan fingerprint density at radius 2 is 1.92 bits per heavy atom. The van der Waals surface area contributed by atoms with Gasteiger partial charge in [-0.3, -0.25) is 0 Å². The van der Waals surface area contributed by atoms with Gasteiger partial charge in [-0.25, -0.2) is 0 Å². The lowest BCUT2D eigenvalue weighted by Gasteiger charge is -2.02. The van der Waals surface area contributed by atoms with Gasteiger partial charge in [0.2, 0.25) is 0 Å². The first-order valence-electron chi connectivity index (χ1n) is 4.44. The van der Waals surface area contributed by atoms with E-state index in [1.807, 2.05) is 37.3 Å². The van der Waals surface area contributed by atoms with Gasteiger partial charge in [0.05, 0.1) is 11.6 Å². The fourth-order valence-corrected chi connectivity index (χ4v) is 1.19. The maximum absolute atomic E-state index is 8.97. The molecule has 0 N–H and O–H groups in total. The molecule has 1 heteroatoms. The highest BCUT2D eigenvalue weighted by atomic mass is 14.3. The van der Waals surface area contributed by atoms with Crippen LogP contribution in [0.25, 0.3) is 5.57 Å². The molecule has 1 aromatic rings. The van der Waals surface area contributed by atoms with E-state index in [1.54, 1.807) is 0 Å². The Hall–Kier alpha value is -1.55. The number of hydrogen-bond donors (Lipinski definition) is 0. The lowest BCUT2D eigenvalue weighted by molar-refractivity contribution is 1.10. The number of nitrogens with zero attached hydrogens (tertiary/aromatic N) is 1. The highest BCUT2D eigenvalue weighted by Gasteiger charge is 2.02.